The van der Waals surface area contributed by atoms with Crippen molar-refractivity contribution in [2.45, 2.75) is 30.5 Å². The lowest BCUT2D eigenvalue weighted by atomic mass is 10.3. The van der Waals surface area contributed by atoms with Gasteiger partial charge in [0.05, 0.1) is 6.61 Å². The van der Waals surface area contributed by atoms with Crippen LogP contribution in [0.3, 0.4) is 0 Å². The van der Waals surface area contributed by atoms with Gasteiger partial charge in [0.1, 0.15) is 9.09 Å². The molecule has 1 atom stereocenters. The van der Waals surface area contributed by atoms with Crippen LogP contribution in [-0.4, -0.2) is 37.2 Å². The fourth-order valence-electron chi connectivity index (χ4n) is 1.32. The Hall–Kier alpha value is -0.960. The van der Waals surface area contributed by atoms with E-state index in [0.29, 0.717) is 23.3 Å². The van der Waals surface area contributed by atoms with Crippen molar-refractivity contribution in [3.63, 3.8) is 0 Å². The molecule has 1 unspecified atom stereocenters. The van der Waals surface area contributed by atoms with Gasteiger partial charge in [-0.15, -0.1) is 11.3 Å². The summed E-state index contributed by atoms with van der Waals surface area (Å²) in [5.41, 5.74) is 0.407. The van der Waals surface area contributed by atoms with Crippen molar-refractivity contribution in [3.8, 4) is 0 Å². The largest absolute Gasteiger partial charge is 0.477 e. The molecule has 0 radical (unpaired) electrons. The highest BCUT2D eigenvalue weighted by molar-refractivity contribution is 7.91. The van der Waals surface area contributed by atoms with Gasteiger partial charge < -0.3 is 10.2 Å². The Kier molecular flexibility index (Phi) is 4.85. The first-order valence-corrected chi connectivity index (χ1v) is 7.58. The minimum Gasteiger partial charge on any atom is -0.477 e. The number of sulfonamides is 1. The summed E-state index contributed by atoms with van der Waals surface area (Å²) in [6, 6.07) is 0.756. The number of nitrogens with one attached hydrogen (secondary N) is 1. The van der Waals surface area contributed by atoms with E-state index in [9.17, 15) is 13.2 Å². The third kappa shape index (κ3) is 3.29. The van der Waals surface area contributed by atoms with Crippen molar-refractivity contribution >= 4 is 27.3 Å². The van der Waals surface area contributed by atoms with Gasteiger partial charge >= 0.3 is 5.97 Å². The molecule has 3 N–H and O–H groups in total. The molecule has 1 heterocycles. The number of aromatic carboxylic acids is 1. The lowest BCUT2D eigenvalue weighted by molar-refractivity contribution is 0.0701. The number of aliphatic hydroxyl groups is 1. The van der Waals surface area contributed by atoms with Crippen molar-refractivity contribution in [1.82, 2.24) is 4.72 Å². The first-order valence-electron chi connectivity index (χ1n) is 5.28. The summed E-state index contributed by atoms with van der Waals surface area (Å²) in [6.07, 6.45) is 0.450. The van der Waals surface area contributed by atoms with E-state index in [4.69, 9.17) is 10.2 Å². The van der Waals surface area contributed by atoms with Crippen LogP contribution in [0.5, 0.6) is 0 Å². The van der Waals surface area contributed by atoms with Gasteiger partial charge in [0, 0.05) is 6.04 Å². The first-order chi connectivity index (χ1) is 8.31. The number of aryl methyl sites for hydroxylation is 1. The summed E-state index contributed by atoms with van der Waals surface area (Å²) in [5, 5.41) is 17.8. The Bertz CT molecular complexity index is 530. The van der Waals surface area contributed by atoms with Crippen LogP contribution in [0.2, 0.25) is 0 Å². The number of aliphatic hydroxyl groups excluding tert-OH is 1. The Morgan fingerprint density at radius 2 is 2.17 bits per heavy atom. The van der Waals surface area contributed by atoms with Crippen LogP contribution in [-0.2, 0) is 10.0 Å². The van der Waals surface area contributed by atoms with Crippen molar-refractivity contribution in [2.24, 2.45) is 0 Å². The molecule has 102 valence electrons. The third-order valence-corrected chi connectivity index (χ3v) is 5.61. The Morgan fingerprint density at radius 1 is 1.56 bits per heavy atom. The molecule has 0 aromatic carbocycles. The molecule has 6 nitrogen and oxygen atoms in total. The number of hydrogen-bond acceptors (Lipinski definition) is 5. The van der Waals surface area contributed by atoms with E-state index in [1.54, 1.807) is 13.8 Å². The number of carbonyl (C=O) groups is 1. The van der Waals surface area contributed by atoms with Crippen molar-refractivity contribution in [3.05, 3.63) is 16.5 Å². The molecule has 0 fully saturated rings. The second-order valence-electron chi connectivity index (χ2n) is 3.79. The third-order valence-electron chi connectivity index (χ3n) is 2.39. The minimum atomic E-state index is -3.77. The van der Waals surface area contributed by atoms with Crippen LogP contribution in [0.25, 0.3) is 0 Å². The molecule has 0 bridgehead atoms. The zero-order valence-electron chi connectivity index (χ0n) is 10.0. The maximum atomic E-state index is 11.9. The van der Waals surface area contributed by atoms with Gasteiger partial charge in [0.2, 0.25) is 10.0 Å². The van der Waals surface area contributed by atoms with Crippen molar-refractivity contribution in [1.29, 1.82) is 0 Å². The van der Waals surface area contributed by atoms with Gasteiger partial charge in [-0.3, -0.25) is 0 Å². The highest BCUT2D eigenvalue weighted by Crippen LogP contribution is 2.26. The van der Waals surface area contributed by atoms with Gasteiger partial charge in [-0.2, -0.15) is 0 Å². The van der Waals surface area contributed by atoms with Gasteiger partial charge in [-0.05, 0) is 25.0 Å². The van der Waals surface area contributed by atoms with Crippen molar-refractivity contribution in [2.75, 3.05) is 6.61 Å². The predicted molar refractivity (Wildman–Crippen MR) is 67.5 cm³/mol. The smallest absolute Gasteiger partial charge is 0.346 e. The second kappa shape index (κ2) is 5.79. The Labute approximate surface area is 109 Å². The number of rotatable bonds is 6. The first kappa shape index (κ1) is 15.1. The summed E-state index contributed by atoms with van der Waals surface area (Å²) in [5.74, 6) is -1.15. The van der Waals surface area contributed by atoms with E-state index >= 15 is 0 Å². The highest BCUT2D eigenvalue weighted by atomic mass is 32.2. The monoisotopic (exact) mass is 293 g/mol. The molecule has 1 aromatic rings. The maximum absolute atomic E-state index is 11.9. The second-order valence-corrected chi connectivity index (χ2v) is 6.78. The average Bonchev–Trinajstić information content (AvgIpc) is 2.69. The molecular formula is C10H15NO5S2. The molecule has 0 spiro atoms. The summed E-state index contributed by atoms with van der Waals surface area (Å²) < 4.78 is 26.2. The van der Waals surface area contributed by atoms with Gasteiger partial charge in [-0.1, -0.05) is 6.92 Å². The molecule has 0 saturated carbocycles. The molecule has 0 amide bonds. The predicted octanol–water partition coefficient (Wildman–Crippen LogP) is 0.804. The van der Waals surface area contributed by atoms with E-state index in [1.165, 1.54) is 6.07 Å². The van der Waals surface area contributed by atoms with Gasteiger partial charge in [0.25, 0.3) is 0 Å². The molecule has 18 heavy (non-hydrogen) atoms. The maximum Gasteiger partial charge on any atom is 0.346 e. The van der Waals surface area contributed by atoms with Gasteiger partial charge in [0.15, 0.2) is 0 Å². The molecule has 0 aliphatic carbocycles. The molecule has 0 aliphatic heterocycles. The van der Waals surface area contributed by atoms with Crippen LogP contribution in [0.15, 0.2) is 10.3 Å². The molecule has 8 heteroatoms. The van der Waals surface area contributed by atoms with E-state index in [2.05, 4.69) is 4.72 Å². The van der Waals surface area contributed by atoms with Gasteiger partial charge in [-0.25, -0.2) is 17.9 Å². The summed E-state index contributed by atoms with van der Waals surface area (Å²) in [4.78, 5) is 10.9. The van der Waals surface area contributed by atoms with E-state index in [-0.39, 0.29) is 15.7 Å². The van der Waals surface area contributed by atoms with E-state index in [1.807, 2.05) is 0 Å². The lowest BCUT2D eigenvalue weighted by Crippen LogP contribution is -2.36. The number of carboxylic acids is 1. The summed E-state index contributed by atoms with van der Waals surface area (Å²) in [6.45, 7) is 2.99. The highest BCUT2D eigenvalue weighted by Gasteiger charge is 2.23. The zero-order chi connectivity index (χ0) is 13.9. The number of thiophene rings is 1. The lowest BCUT2D eigenvalue weighted by Gasteiger charge is -2.12. The van der Waals surface area contributed by atoms with Crippen LogP contribution in [0.4, 0.5) is 0 Å². The molecule has 1 aromatic heterocycles. The quantitative estimate of drug-likeness (QED) is 0.720. The average molecular weight is 293 g/mol. The number of carboxylic acid groups (broad SMARTS) is 1. The molecule has 0 saturated heterocycles. The zero-order valence-corrected chi connectivity index (χ0v) is 11.6. The SMILES string of the molecule is CCC(CO)NS(=O)(=O)c1cc(C)c(C(=O)O)s1. The topological polar surface area (TPSA) is 104 Å². The fraction of sp³-hybridized carbons (Fsp3) is 0.500. The van der Waals surface area contributed by atoms with E-state index < -0.39 is 22.0 Å². The molecular weight excluding hydrogens is 278 g/mol. The normalized spacial score (nSPS) is 13.5. The van der Waals surface area contributed by atoms with Crippen LogP contribution < -0.4 is 4.72 Å². The standard InChI is InChI=1S/C10H15NO5S2/c1-3-7(5-12)11-18(15,16)8-4-6(2)9(17-8)10(13)14/h4,7,11-12H,3,5H2,1-2H3,(H,13,14). The van der Waals surface area contributed by atoms with Crippen LogP contribution in [0, 0.1) is 6.92 Å². The Balaban J connectivity index is 3.06. The fourth-order valence-corrected chi connectivity index (χ4v) is 4.03. The van der Waals surface area contributed by atoms with Crippen LogP contribution >= 0.6 is 11.3 Å². The Morgan fingerprint density at radius 3 is 2.56 bits per heavy atom. The van der Waals surface area contributed by atoms with Crippen LogP contribution in [0.1, 0.15) is 28.6 Å². The van der Waals surface area contributed by atoms with Crippen molar-refractivity contribution < 1.29 is 23.4 Å². The molecule has 0 aliphatic rings. The number of hydrogen-bond donors (Lipinski definition) is 3. The minimum absolute atomic E-state index is 0.00687. The van der Waals surface area contributed by atoms with E-state index in [0.717, 1.165) is 0 Å². The summed E-state index contributed by atoms with van der Waals surface area (Å²) >= 11 is 0.706. The molecule has 1 rings (SSSR count). The summed E-state index contributed by atoms with van der Waals surface area (Å²) in [7, 11) is -3.77.